The summed E-state index contributed by atoms with van der Waals surface area (Å²) in [5, 5.41) is 3.41. The summed E-state index contributed by atoms with van der Waals surface area (Å²) >= 11 is 0. The normalized spacial score (nSPS) is 12.6. The van der Waals surface area contributed by atoms with Crippen molar-refractivity contribution in [2.75, 3.05) is 7.05 Å². The van der Waals surface area contributed by atoms with Crippen molar-refractivity contribution in [1.82, 2.24) is 10.3 Å². The van der Waals surface area contributed by atoms with E-state index in [4.69, 9.17) is 4.74 Å². The Balaban J connectivity index is 2.44. The van der Waals surface area contributed by atoms with Crippen LogP contribution >= 0.6 is 0 Å². The van der Waals surface area contributed by atoms with Crippen LogP contribution in [0.2, 0.25) is 0 Å². The quantitative estimate of drug-likeness (QED) is 0.590. The van der Waals surface area contributed by atoms with Gasteiger partial charge in [0.05, 0.1) is 12.3 Å². The monoisotopic (exact) mass is 292 g/mol. The first kappa shape index (κ1) is 18.0. The Kier molecular flexibility index (Phi) is 9.07. The third kappa shape index (κ3) is 7.47. The molecule has 1 atom stereocenters. The number of ether oxygens (including phenoxy) is 1. The Hall–Kier alpha value is -1.09. The lowest BCUT2D eigenvalue weighted by atomic mass is 10.0. The van der Waals surface area contributed by atoms with E-state index >= 15 is 0 Å². The maximum absolute atomic E-state index is 5.73. The minimum absolute atomic E-state index is 0.189. The van der Waals surface area contributed by atoms with Crippen LogP contribution in [-0.2, 0) is 0 Å². The highest BCUT2D eigenvalue weighted by Gasteiger charge is 2.10. The fourth-order valence-corrected chi connectivity index (χ4v) is 2.57. The highest BCUT2D eigenvalue weighted by atomic mass is 16.5. The molecule has 0 radical (unpaired) electrons. The van der Waals surface area contributed by atoms with Crippen LogP contribution in [0.3, 0.4) is 0 Å². The lowest BCUT2D eigenvalue weighted by Gasteiger charge is -2.18. The van der Waals surface area contributed by atoms with Gasteiger partial charge in [-0.3, -0.25) is 4.98 Å². The van der Waals surface area contributed by atoms with Gasteiger partial charge in [0.2, 0.25) is 0 Å². The molecule has 120 valence electrons. The van der Waals surface area contributed by atoms with Gasteiger partial charge < -0.3 is 10.1 Å². The number of pyridine rings is 1. The summed E-state index contributed by atoms with van der Waals surface area (Å²) in [6.45, 7) is 6.34. The van der Waals surface area contributed by atoms with Crippen molar-refractivity contribution in [3.63, 3.8) is 0 Å². The molecule has 0 aliphatic heterocycles. The zero-order chi connectivity index (χ0) is 15.5. The van der Waals surface area contributed by atoms with Crippen molar-refractivity contribution in [2.24, 2.45) is 0 Å². The van der Waals surface area contributed by atoms with Crippen LogP contribution < -0.4 is 10.1 Å². The topological polar surface area (TPSA) is 34.2 Å². The highest BCUT2D eigenvalue weighted by Crippen LogP contribution is 2.23. The highest BCUT2D eigenvalue weighted by molar-refractivity contribution is 5.26. The third-order valence-corrected chi connectivity index (χ3v) is 3.70. The van der Waals surface area contributed by atoms with Gasteiger partial charge in [0.25, 0.3) is 0 Å². The summed E-state index contributed by atoms with van der Waals surface area (Å²) in [6.07, 6.45) is 13.1. The fourth-order valence-electron chi connectivity index (χ4n) is 2.57. The van der Waals surface area contributed by atoms with Gasteiger partial charge in [0.15, 0.2) is 0 Å². The molecular weight excluding hydrogens is 260 g/mol. The Morgan fingerprint density at radius 1 is 1.10 bits per heavy atom. The van der Waals surface area contributed by atoms with Gasteiger partial charge in [0.1, 0.15) is 5.75 Å². The largest absolute Gasteiger partial charge is 0.489 e. The minimum atomic E-state index is 0.189. The number of nitrogens with one attached hydrogen (secondary N) is 1. The van der Waals surface area contributed by atoms with Crippen LogP contribution in [0.4, 0.5) is 0 Å². The maximum atomic E-state index is 5.73. The SMILES string of the molecule is CCCCCCCCC(NC)c1cncc(OC(C)C)c1. The molecule has 0 saturated heterocycles. The van der Waals surface area contributed by atoms with Crippen LogP contribution in [0, 0.1) is 0 Å². The summed E-state index contributed by atoms with van der Waals surface area (Å²) < 4.78 is 5.73. The minimum Gasteiger partial charge on any atom is -0.489 e. The molecule has 1 unspecified atom stereocenters. The second kappa shape index (κ2) is 10.6. The lowest BCUT2D eigenvalue weighted by Crippen LogP contribution is -2.17. The maximum Gasteiger partial charge on any atom is 0.138 e. The van der Waals surface area contributed by atoms with Gasteiger partial charge in [0, 0.05) is 12.2 Å². The summed E-state index contributed by atoms with van der Waals surface area (Å²) in [5.41, 5.74) is 1.23. The van der Waals surface area contributed by atoms with Crippen molar-refractivity contribution >= 4 is 0 Å². The van der Waals surface area contributed by atoms with Gasteiger partial charge >= 0.3 is 0 Å². The molecule has 1 rings (SSSR count). The second-order valence-corrected chi connectivity index (χ2v) is 6.02. The zero-order valence-corrected chi connectivity index (χ0v) is 14.2. The molecule has 1 aromatic rings. The average Bonchev–Trinajstić information content (AvgIpc) is 2.46. The zero-order valence-electron chi connectivity index (χ0n) is 14.2. The Morgan fingerprint density at radius 3 is 2.48 bits per heavy atom. The van der Waals surface area contributed by atoms with Crippen LogP contribution in [0.5, 0.6) is 5.75 Å². The van der Waals surface area contributed by atoms with Crippen molar-refractivity contribution in [3.8, 4) is 5.75 Å². The first-order valence-electron chi connectivity index (χ1n) is 8.46. The fraction of sp³-hybridized carbons (Fsp3) is 0.722. The number of hydrogen-bond acceptors (Lipinski definition) is 3. The van der Waals surface area contributed by atoms with Gasteiger partial charge in [-0.25, -0.2) is 0 Å². The molecule has 0 aliphatic rings. The lowest BCUT2D eigenvalue weighted by molar-refractivity contribution is 0.241. The second-order valence-electron chi connectivity index (χ2n) is 6.02. The molecule has 3 nitrogen and oxygen atoms in total. The van der Waals surface area contributed by atoms with Crippen molar-refractivity contribution in [1.29, 1.82) is 0 Å². The summed E-state index contributed by atoms with van der Waals surface area (Å²) in [5.74, 6) is 0.866. The van der Waals surface area contributed by atoms with E-state index in [1.54, 1.807) is 6.20 Å². The molecule has 0 spiro atoms. The molecule has 0 aromatic carbocycles. The van der Waals surface area contributed by atoms with E-state index in [-0.39, 0.29) is 6.10 Å². The average molecular weight is 292 g/mol. The van der Waals surface area contributed by atoms with E-state index < -0.39 is 0 Å². The Morgan fingerprint density at radius 2 is 1.81 bits per heavy atom. The molecule has 0 fully saturated rings. The third-order valence-electron chi connectivity index (χ3n) is 3.70. The molecule has 1 aromatic heterocycles. The number of hydrogen-bond donors (Lipinski definition) is 1. The molecule has 1 N–H and O–H groups in total. The van der Waals surface area contributed by atoms with Gasteiger partial charge in [-0.1, -0.05) is 45.4 Å². The van der Waals surface area contributed by atoms with Gasteiger partial charge in [-0.05, 0) is 38.9 Å². The molecule has 1 heterocycles. The molecule has 0 bridgehead atoms. The van der Waals surface area contributed by atoms with E-state index in [2.05, 4.69) is 23.3 Å². The number of rotatable bonds is 11. The van der Waals surface area contributed by atoms with Crippen LogP contribution in [0.25, 0.3) is 0 Å². The number of nitrogens with zero attached hydrogens (tertiary/aromatic N) is 1. The molecule has 0 aliphatic carbocycles. The number of aromatic nitrogens is 1. The number of unbranched alkanes of at least 4 members (excludes halogenated alkanes) is 5. The van der Waals surface area contributed by atoms with Gasteiger partial charge in [-0.2, -0.15) is 0 Å². The molecule has 0 amide bonds. The van der Waals surface area contributed by atoms with Crippen molar-refractivity contribution < 1.29 is 4.74 Å². The predicted octanol–water partition coefficient (Wildman–Crippen LogP) is 4.88. The van der Waals surface area contributed by atoms with Crippen LogP contribution in [0.1, 0.15) is 77.3 Å². The van der Waals surface area contributed by atoms with Crippen molar-refractivity contribution in [2.45, 2.75) is 77.9 Å². The van der Waals surface area contributed by atoms with Crippen LogP contribution in [-0.4, -0.2) is 18.1 Å². The van der Waals surface area contributed by atoms with E-state index in [0.29, 0.717) is 6.04 Å². The van der Waals surface area contributed by atoms with Crippen molar-refractivity contribution in [3.05, 3.63) is 24.0 Å². The summed E-state index contributed by atoms with van der Waals surface area (Å²) in [7, 11) is 2.03. The predicted molar refractivity (Wildman–Crippen MR) is 89.8 cm³/mol. The standard InChI is InChI=1S/C18H32N2O/c1-5-6-7-8-9-10-11-18(19-4)16-12-17(14-20-13-16)21-15(2)3/h12-15,18-19H,5-11H2,1-4H3. The van der Waals surface area contributed by atoms with Crippen LogP contribution in [0.15, 0.2) is 18.5 Å². The summed E-state index contributed by atoms with van der Waals surface area (Å²) in [6, 6.07) is 2.49. The summed E-state index contributed by atoms with van der Waals surface area (Å²) in [4.78, 5) is 4.31. The molecule has 3 heteroatoms. The van der Waals surface area contributed by atoms with Gasteiger partial charge in [-0.15, -0.1) is 0 Å². The molecule has 0 saturated carbocycles. The van der Waals surface area contributed by atoms with E-state index in [0.717, 1.165) is 12.2 Å². The molecular formula is C18H32N2O. The van der Waals surface area contributed by atoms with E-state index in [1.807, 2.05) is 27.1 Å². The first-order valence-corrected chi connectivity index (χ1v) is 8.46. The Labute approximate surface area is 130 Å². The van der Waals surface area contributed by atoms with E-state index in [1.165, 1.54) is 44.1 Å². The first-order chi connectivity index (χ1) is 10.2. The molecule has 21 heavy (non-hydrogen) atoms. The van der Waals surface area contributed by atoms with E-state index in [9.17, 15) is 0 Å². The Bertz CT molecular complexity index is 379. The smallest absolute Gasteiger partial charge is 0.138 e.